The standard InChI is InChI=1S/C13H17BrN4S/c1-18-9-10(14)11(17-18)8-16-13(4-2-3-5-13)12-15-6-7-19-12/h6-7,9,16H,2-5,8H2,1H3. The zero-order valence-electron chi connectivity index (χ0n) is 10.9. The quantitative estimate of drug-likeness (QED) is 0.929. The topological polar surface area (TPSA) is 42.7 Å². The average molecular weight is 341 g/mol. The van der Waals surface area contributed by atoms with Gasteiger partial charge in [0.2, 0.25) is 0 Å². The molecule has 2 heterocycles. The number of nitrogens with one attached hydrogen (secondary N) is 1. The molecule has 2 aromatic rings. The second-order valence-electron chi connectivity index (χ2n) is 5.08. The molecule has 0 saturated heterocycles. The first-order valence-corrected chi connectivity index (χ1v) is 8.20. The van der Waals surface area contributed by atoms with Gasteiger partial charge < -0.3 is 0 Å². The van der Waals surface area contributed by atoms with Crippen molar-refractivity contribution >= 4 is 27.3 Å². The number of aromatic nitrogens is 3. The van der Waals surface area contributed by atoms with E-state index in [4.69, 9.17) is 0 Å². The van der Waals surface area contributed by atoms with Crippen molar-refractivity contribution < 1.29 is 0 Å². The van der Waals surface area contributed by atoms with E-state index in [1.54, 1.807) is 11.3 Å². The molecule has 0 radical (unpaired) electrons. The van der Waals surface area contributed by atoms with Crippen LogP contribution in [0.5, 0.6) is 0 Å². The van der Waals surface area contributed by atoms with Crippen LogP contribution in [0.3, 0.4) is 0 Å². The highest BCUT2D eigenvalue weighted by Gasteiger charge is 2.37. The van der Waals surface area contributed by atoms with Crippen molar-refractivity contribution in [2.75, 3.05) is 0 Å². The number of halogens is 1. The highest BCUT2D eigenvalue weighted by atomic mass is 79.9. The van der Waals surface area contributed by atoms with E-state index in [9.17, 15) is 0 Å². The second kappa shape index (κ2) is 5.34. The molecule has 19 heavy (non-hydrogen) atoms. The molecule has 0 atom stereocenters. The summed E-state index contributed by atoms with van der Waals surface area (Å²) in [5.41, 5.74) is 1.12. The largest absolute Gasteiger partial charge is 0.300 e. The summed E-state index contributed by atoms with van der Waals surface area (Å²) in [6.45, 7) is 0.779. The van der Waals surface area contributed by atoms with Crippen molar-refractivity contribution in [3.8, 4) is 0 Å². The molecule has 102 valence electrons. The molecular formula is C13H17BrN4S. The number of hydrogen-bond acceptors (Lipinski definition) is 4. The minimum Gasteiger partial charge on any atom is -0.300 e. The summed E-state index contributed by atoms with van der Waals surface area (Å²) in [4.78, 5) is 4.53. The predicted octanol–water partition coefficient (Wildman–Crippen LogP) is 3.20. The van der Waals surface area contributed by atoms with E-state index in [0.717, 1.165) is 16.7 Å². The molecule has 6 heteroatoms. The van der Waals surface area contributed by atoms with Crippen LogP contribution < -0.4 is 5.32 Å². The predicted molar refractivity (Wildman–Crippen MR) is 80.0 cm³/mol. The Labute approximate surface area is 125 Å². The molecule has 0 amide bonds. The first-order chi connectivity index (χ1) is 9.20. The highest BCUT2D eigenvalue weighted by molar-refractivity contribution is 9.10. The fraction of sp³-hybridized carbons (Fsp3) is 0.538. The van der Waals surface area contributed by atoms with Crippen LogP contribution in [-0.4, -0.2) is 14.8 Å². The SMILES string of the molecule is Cn1cc(Br)c(CNC2(c3nccs3)CCCC2)n1. The number of aryl methyl sites for hydroxylation is 1. The van der Waals surface area contributed by atoms with Crippen LogP contribution in [0.2, 0.25) is 0 Å². The van der Waals surface area contributed by atoms with E-state index in [0.29, 0.717) is 0 Å². The van der Waals surface area contributed by atoms with E-state index in [-0.39, 0.29) is 5.54 Å². The molecule has 0 bridgehead atoms. The molecule has 0 spiro atoms. The van der Waals surface area contributed by atoms with E-state index in [1.807, 2.05) is 24.1 Å². The van der Waals surface area contributed by atoms with E-state index in [1.165, 1.54) is 30.7 Å². The van der Waals surface area contributed by atoms with Gasteiger partial charge in [0, 0.05) is 31.4 Å². The van der Waals surface area contributed by atoms with Gasteiger partial charge in [0.25, 0.3) is 0 Å². The van der Waals surface area contributed by atoms with Crippen LogP contribution in [-0.2, 0) is 19.1 Å². The zero-order valence-corrected chi connectivity index (χ0v) is 13.3. The summed E-state index contributed by atoms with van der Waals surface area (Å²) in [6.07, 6.45) is 8.78. The Morgan fingerprint density at radius 1 is 1.47 bits per heavy atom. The van der Waals surface area contributed by atoms with Crippen molar-refractivity contribution in [2.24, 2.45) is 7.05 Å². The fourth-order valence-electron chi connectivity index (χ4n) is 2.78. The molecule has 1 N–H and O–H groups in total. The Morgan fingerprint density at radius 2 is 2.26 bits per heavy atom. The first kappa shape index (κ1) is 13.3. The molecule has 2 aromatic heterocycles. The lowest BCUT2D eigenvalue weighted by Crippen LogP contribution is -2.39. The van der Waals surface area contributed by atoms with Crippen molar-refractivity contribution in [3.63, 3.8) is 0 Å². The van der Waals surface area contributed by atoms with E-state index in [2.05, 4.69) is 36.7 Å². The van der Waals surface area contributed by atoms with Crippen molar-refractivity contribution in [1.29, 1.82) is 0 Å². The highest BCUT2D eigenvalue weighted by Crippen LogP contribution is 2.39. The van der Waals surface area contributed by atoms with Gasteiger partial charge in [0.1, 0.15) is 5.01 Å². The van der Waals surface area contributed by atoms with Gasteiger partial charge in [-0.2, -0.15) is 5.10 Å². The van der Waals surface area contributed by atoms with Crippen molar-refractivity contribution in [2.45, 2.75) is 37.8 Å². The fourth-order valence-corrected chi connectivity index (χ4v) is 4.17. The van der Waals surface area contributed by atoms with Gasteiger partial charge in [-0.1, -0.05) is 12.8 Å². The monoisotopic (exact) mass is 340 g/mol. The summed E-state index contributed by atoms with van der Waals surface area (Å²) in [5, 5.41) is 11.5. The third-order valence-electron chi connectivity index (χ3n) is 3.75. The molecular weight excluding hydrogens is 324 g/mol. The second-order valence-corrected chi connectivity index (χ2v) is 6.83. The molecule has 3 rings (SSSR count). The Balaban J connectivity index is 1.78. The lowest BCUT2D eigenvalue weighted by atomic mass is 9.98. The van der Waals surface area contributed by atoms with Gasteiger partial charge in [-0.25, -0.2) is 4.98 Å². The van der Waals surface area contributed by atoms with Gasteiger partial charge in [-0.15, -0.1) is 11.3 Å². The third kappa shape index (κ3) is 2.61. The Bertz CT molecular complexity index is 543. The van der Waals surface area contributed by atoms with Crippen LogP contribution >= 0.6 is 27.3 Å². The van der Waals surface area contributed by atoms with Gasteiger partial charge in [-0.05, 0) is 28.8 Å². The van der Waals surface area contributed by atoms with E-state index < -0.39 is 0 Å². The van der Waals surface area contributed by atoms with Crippen LogP contribution in [0.4, 0.5) is 0 Å². The summed E-state index contributed by atoms with van der Waals surface area (Å²) >= 11 is 5.31. The Kier molecular flexibility index (Phi) is 3.73. The summed E-state index contributed by atoms with van der Waals surface area (Å²) in [7, 11) is 1.94. The van der Waals surface area contributed by atoms with Gasteiger partial charge in [0.05, 0.1) is 15.7 Å². The molecule has 1 aliphatic rings. The Morgan fingerprint density at radius 3 is 2.84 bits per heavy atom. The number of hydrogen-bond donors (Lipinski definition) is 1. The number of nitrogens with zero attached hydrogens (tertiary/aromatic N) is 3. The molecule has 0 aromatic carbocycles. The number of rotatable bonds is 4. The van der Waals surface area contributed by atoms with Crippen LogP contribution in [0, 0.1) is 0 Å². The normalized spacial score (nSPS) is 18.0. The number of thiazole rings is 1. The lowest BCUT2D eigenvalue weighted by Gasteiger charge is -2.28. The van der Waals surface area contributed by atoms with Crippen molar-refractivity contribution in [1.82, 2.24) is 20.1 Å². The zero-order chi connectivity index (χ0) is 13.3. The van der Waals surface area contributed by atoms with Gasteiger partial charge in [0.15, 0.2) is 0 Å². The van der Waals surface area contributed by atoms with Crippen LogP contribution in [0.15, 0.2) is 22.2 Å². The minimum atomic E-state index is 0.0606. The maximum absolute atomic E-state index is 4.53. The summed E-state index contributed by atoms with van der Waals surface area (Å²) in [6, 6.07) is 0. The molecule has 1 aliphatic carbocycles. The molecule has 1 fully saturated rings. The van der Waals surface area contributed by atoms with Gasteiger partial charge in [-0.3, -0.25) is 10.00 Å². The maximum Gasteiger partial charge on any atom is 0.113 e. The molecule has 1 saturated carbocycles. The molecule has 0 unspecified atom stereocenters. The minimum absolute atomic E-state index is 0.0606. The van der Waals surface area contributed by atoms with Gasteiger partial charge >= 0.3 is 0 Å². The lowest BCUT2D eigenvalue weighted by molar-refractivity contribution is 0.334. The molecule has 4 nitrogen and oxygen atoms in total. The first-order valence-electron chi connectivity index (χ1n) is 6.53. The maximum atomic E-state index is 4.53. The van der Waals surface area contributed by atoms with E-state index >= 15 is 0 Å². The van der Waals surface area contributed by atoms with Crippen molar-refractivity contribution in [3.05, 3.63) is 32.9 Å². The summed E-state index contributed by atoms with van der Waals surface area (Å²) in [5.74, 6) is 0. The molecule has 0 aliphatic heterocycles. The average Bonchev–Trinajstić information content (AvgIpc) is 3.07. The van der Waals surface area contributed by atoms with Crippen LogP contribution in [0.1, 0.15) is 36.4 Å². The smallest absolute Gasteiger partial charge is 0.113 e. The Hall–Kier alpha value is -0.720. The summed E-state index contributed by atoms with van der Waals surface area (Å²) < 4.78 is 2.90. The third-order valence-corrected chi connectivity index (χ3v) is 5.39. The van der Waals surface area contributed by atoms with Crippen LogP contribution in [0.25, 0.3) is 0 Å².